The Bertz CT molecular complexity index is 835. The number of likely N-dealkylation sites (N-methyl/N-ethyl adjacent to an activating group) is 1. The van der Waals surface area contributed by atoms with Crippen LogP contribution in [-0.2, 0) is 10.0 Å². The van der Waals surface area contributed by atoms with Crippen LogP contribution in [0, 0.1) is 16.0 Å². The van der Waals surface area contributed by atoms with E-state index < -0.39 is 14.9 Å². The van der Waals surface area contributed by atoms with Crippen molar-refractivity contribution in [1.82, 2.24) is 9.21 Å². The Hall–Kier alpha value is -1.71. The van der Waals surface area contributed by atoms with Gasteiger partial charge < -0.3 is 9.80 Å². The van der Waals surface area contributed by atoms with Crippen molar-refractivity contribution >= 4 is 21.4 Å². The van der Waals surface area contributed by atoms with Gasteiger partial charge in [-0.05, 0) is 37.9 Å². The first kappa shape index (κ1) is 22.0. The Morgan fingerprint density at radius 1 is 1.07 bits per heavy atom. The largest absolute Gasteiger partial charge is 0.360 e. The summed E-state index contributed by atoms with van der Waals surface area (Å²) in [5, 5.41) is 11.9. The number of sulfonamides is 1. The van der Waals surface area contributed by atoms with Crippen LogP contribution in [-0.4, -0.2) is 68.4 Å². The number of hydrogen-bond acceptors (Lipinski definition) is 6. The van der Waals surface area contributed by atoms with E-state index >= 15 is 0 Å². The Labute approximate surface area is 173 Å². The van der Waals surface area contributed by atoms with Crippen molar-refractivity contribution in [3.8, 4) is 0 Å². The Balaban J connectivity index is 1.98. The normalized spacial score (nSPS) is 22.6. The van der Waals surface area contributed by atoms with E-state index in [2.05, 4.69) is 30.7 Å². The van der Waals surface area contributed by atoms with E-state index in [9.17, 15) is 18.5 Å². The first-order valence-electron chi connectivity index (χ1n) is 10.5. The zero-order valence-electron chi connectivity index (χ0n) is 17.6. The molecule has 1 atom stereocenters. The van der Waals surface area contributed by atoms with Crippen molar-refractivity contribution < 1.29 is 13.3 Å². The number of piperazine rings is 1. The fourth-order valence-corrected chi connectivity index (χ4v) is 5.84. The topological polar surface area (TPSA) is 87.0 Å². The lowest BCUT2D eigenvalue weighted by molar-refractivity contribution is -0.384. The Morgan fingerprint density at radius 2 is 1.72 bits per heavy atom. The summed E-state index contributed by atoms with van der Waals surface area (Å²) in [6, 6.07) is 4.56. The molecular formula is C20H32N4O4S. The Kier molecular flexibility index (Phi) is 6.80. The van der Waals surface area contributed by atoms with Crippen LogP contribution in [0.1, 0.15) is 39.5 Å². The molecule has 0 N–H and O–H groups in total. The van der Waals surface area contributed by atoms with Gasteiger partial charge in [0.25, 0.3) is 5.69 Å². The van der Waals surface area contributed by atoms with Gasteiger partial charge in [0.05, 0.1) is 9.82 Å². The quantitative estimate of drug-likeness (QED) is 0.534. The Morgan fingerprint density at radius 3 is 2.31 bits per heavy atom. The van der Waals surface area contributed by atoms with E-state index in [0.29, 0.717) is 31.2 Å². The SMILES string of the molecule is CC(C)[C@@H]1CN(C)CCN1c1ccc(S(=O)(=O)N2CCCCCC2)cc1[N+](=O)[O-]. The molecule has 0 aliphatic carbocycles. The van der Waals surface area contributed by atoms with Gasteiger partial charge in [-0.3, -0.25) is 10.1 Å². The van der Waals surface area contributed by atoms with Crippen LogP contribution in [0.25, 0.3) is 0 Å². The van der Waals surface area contributed by atoms with Gasteiger partial charge in [0.2, 0.25) is 10.0 Å². The van der Waals surface area contributed by atoms with Crippen LogP contribution in [0.3, 0.4) is 0 Å². The minimum Gasteiger partial charge on any atom is -0.360 e. The molecule has 1 aromatic rings. The molecule has 3 rings (SSSR count). The van der Waals surface area contributed by atoms with Crippen molar-refractivity contribution in [1.29, 1.82) is 0 Å². The highest BCUT2D eigenvalue weighted by atomic mass is 32.2. The van der Waals surface area contributed by atoms with Gasteiger partial charge in [-0.2, -0.15) is 4.31 Å². The molecule has 8 nitrogen and oxygen atoms in total. The van der Waals surface area contributed by atoms with Gasteiger partial charge in [-0.25, -0.2) is 8.42 Å². The summed E-state index contributed by atoms with van der Waals surface area (Å²) in [7, 11) is -1.67. The van der Waals surface area contributed by atoms with Crippen molar-refractivity contribution in [2.45, 2.75) is 50.5 Å². The van der Waals surface area contributed by atoms with Gasteiger partial charge in [0.15, 0.2) is 0 Å². The molecule has 0 unspecified atom stereocenters. The maximum absolute atomic E-state index is 13.1. The summed E-state index contributed by atoms with van der Waals surface area (Å²) in [4.78, 5) is 15.7. The maximum atomic E-state index is 13.1. The molecule has 0 amide bonds. The summed E-state index contributed by atoms with van der Waals surface area (Å²) in [6.07, 6.45) is 3.70. The molecule has 0 spiro atoms. The predicted octanol–water partition coefficient (Wildman–Crippen LogP) is 2.94. The van der Waals surface area contributed by atoms with E-state index in [0.717, 1.165) is 38.8 Å². The smallest absolute Gasteiger partial charge is 0.293 e. The first-order valence-corrected chi connectivity index (χ1v) is 11.9. The third kappa shape index (κ3) is 4.73. The van der Waals surface area contributed by atoms with Crippen molar-refractivity contribution in [2.24, 2.45) is 5.92 Å². The highest BCUT2D eigenvalue weighted by Crippen LogP contribution is 2.35. The number of benzene rings is 1. The molecule has 2 saturated heterocycles. The molecule has 0 saturated carbocycles. The van der Waals surface area contributed by atoms with E-state index in [1.807, 2.05) is 0 Å². The molecule has 2 fully saturated rings. The average molecular weight is 425 g/mol. The van der Waals surface area contributed by atoms with Crippen molar-refractivity contribution in [3.05, 3.63) is 28.3 Å². The number of rotatable bonds is 5. The zero-order valence-corrected chi connectivity index (χ0v) is 18.4. The number of anilines is 1. The summed E-state index contributed by atoms with van der Waals surface area (Å²) in [5.41, 5.74) is 0.382. The molecule has 1 aromatic carbocycles. The number of nitro groups is 1. The zero-order chi connectivity index (χ0) is 21.2. The van der Waals surface area contributed by atoms with Gasteiger partial charge in [0.1, 0.15) is 5.69 Å². The second-order valence-electron chi connectivity index (χ2n) is 8.49. The average Bonchev–Trinajstić information content (AvgIpc) is 2.97. The minimum absolute atomic E-state index is 0.0186. The highest BCUT2D eigenvalue weighted by Gasteiger charge is 2.34. The molecule has 29 heavy (non-hydrogen) atoms. The molecule has 2 aliphatic rings. The summed E-state index contributed by atoms with van der Waals surface area (Å²) >= 11 is 0. The second kappa shape index (κ2) is 8.97. The van der Waals surface area contributed by atoms with E-state index in [1.54, 1.807) is 6.07 Å². The van der Waals surface area contributed by atoms with Gasteiger partial charge >= 0.3 is 0 Å². The predicted molar refractivity (Wildman–Crippen MR) is 114 cm³/mol. The number of nitro benzene ring substituents is 1. The van der Waals surface area contributed by atoms with Crippen LogP contribution in [0.15, 0.2) is 23.1 Å². The molecule has 0 radical (unpaired) electrons. The van der Waals surface area contributed by atoms with E-state index in [4.69, 9.17) is 0 Å². The third-order valence-electron chi connectivity index (χ3n) is 6.05. The van der Waals surface area contributed by atoms with Gasteiger partial charge in [-0.15, -0.1) is 0 Å². The highest BCUT2D eigenvalue weighted by molar-refractivity contribution is 7.89. The lowest BCUT2D eigenvalue weighted by Gasteiger charge is -2.43. The molecule has 0 aromatic heterocycles. The minimum atomic E-state index is -3.73. The van der Waals surface area contributed by atoms with Crippen LogP contribution in [0.4, 0.5) is 11.4 Å². The van der Waals surface area contributed by atoms with E-state index in [1.165, 1.54) is 16.4 Å². The van der Waals surface area contributed by atoms with Crippen LogP contribution in [0.2, 0.25) is 0 Å². The summed E-state index contributed by atoms with van der Waals surface area (Å²) in [5.74, 6) is 0.317. The van der Waals surface area contributed by atoms with E-state index in [-0.39, 0.29) is 16.6 Å². The molecule has 0 bridgehead atoms. The maximum Gasteiger partial charge on any atom is 0.293 e. The summed E-state index contributed by atoms with van der Waals surface area (Å²) in [6.45, 7) is 7.49. The van der Waals surface area contributed by atoms with Crippen molar-refractivity contribution in [3.63, 3.8) is 0 Å². The summed E-state index contributed by atoms with van der Waals surface area (Å²) < 4.78 is 27.7. The standard InChI is InChI=1S/C20H32N4O4S/c1-16(2)20-15-21(3)12-13-23(20)18-9-8-17(14-19(18)24(25)26)29(27,28)22-10-6-4-5-7-11-22/h8-9,14,16,20H,4-7,10-13,15H2,1-3H3/t20-/m0/s1. The van der Waals surface area contributed by atoms with Crippen molar-refractivity contribution in [2.75, 3.05) is 44.7 Å². The van der Waals surface area contributed by atoms with Gasteiger partial charge in [0, 0.05) is 44.8 Å². The monoisotopic (exact) mass is 424 g/mol. The van der Waals surface area contributed by atoms with Crippen LogP contribution in [0.5, 0.6) is 0 Å². The number of hydrogen-bond donors (Lipinski definition) is 0. The van der Waals surface area contributed by atoms with Crippen LogP contribution >= 0.6 is 0 Å². The lowest BCUT2D eigenvalue weighted by atomic mass is 9.98. The lowest BCUT2D eigenvalue weighted by Crippen LogP contribution is -2.54. The fourth-order valence-electron chi connectivity index (χ4n) is 4.31. The van der Waals surface area contributed by atoms with Crippen LogP contribution < -0.4 is 4.90 Å². The molecule has 2 heterocycles. The molecule has 162 valence electrons. The third-order valence-corrected chi connectivity index (χ3v) is 7.94. The molecule has 9 heteroatoms. The fraction of sp³-hybridized carbons (Fsp3) is 0.700. The molecular weight excluding hydrogens is 392 g/mol. The number of nitrogens with zero attached hydrogens (tertiary/aromatic N) is 4. The first-order chi connectivity index (χ1) is 13.7. The molecule has 2 aliphatic heterocycles. The second-order valence-corrected chi connectivity index (χ2v) is 10.4. The van der Waals surface area contributed by atoms with Gasteiger partial charge in [-0.1, -0.05) is 26.7 Å².